The first kappa shape index (κ1) is 23.9. The van der Waals surface area contributed by atoms with Crippen LogP contribution in [0.1, 0.15) is 33.3 Å². The van der Waals surface area contributed by atoms with Gasteiger partial charge in [0.05, 0.1) is 0 Å². The molecule has 0 heterocycles. The maximum atomic E-state index is 13.0. The minimum absolute atomic E-state index is 0. The number of nitrogens with one attached hydrogen (secondary N) is 3. The first-order valence-corrected chi connectivity index (χ1v) is 8.36. The van der Waals surface area contributed by atoms with Gasteiger partial charge in [-0.15, -0.1) is 24.0 Å². The van der Waals surface area contributed by atoms with Crippen molar-refractivity contribution in [3.05, 3.63) is 34.6 Å². The molecule has 142 valence electrons. The Morgan fingerprint density at radius 1 is 1.28 bits per heavy atom. The minimum Gasteiger partial charge on any atom is -0.357 e. The monoisotopic (exact) mass is 484 g/mol. The van der Waals surface area contributed by atoms with Gasteiger partial charge in [0.25, 0.3) is 0 Å². The van der Waals surface area contributed by atoms with Crippen LogP contribution in [0, 0.1) is 5.82 Å². The van der Waals surface area contributed by atoms with Crippen LogP contribution in [0.5, 0.6) is 0 Å². The van der Waals surface area contributed by atoms with E-state index in [4.69, 9.17) is 11.6 Å². The summed E-state index contributed by atoms with van der Waals surface area (Å²) in [4.78, 5) is 16.1. The van der Waals surface area contributed by atoms with Crippen molar-refractivity contribution in [1.82, 2.24) is 16.0 Å². The molecular weight excluding hydrogens is 458 g/mol. The largest absolute Gasteiger partial charge is 0.357 e. The fraction of sp³-hybridized carbons (Fsp3) is 0.529. The van der Waals surface area contributed by atoms with Crippen LogP contribution in [0.4, 0.5) is 4.39 Å². The van der Waals surface area contributed by atoms with Crippen LogP contribution in [0.15, 0.2) is 23.2 Å². The van der Waals surface area contributed by atoms with Crippen LogP contribution in [0.25, 0.3) is 0 Å². The van der Waals surface area contributed by atoms with Gasteiger partial charge in [-0.05, 0) is 51.8 Å². The number of nitrogens with zero attached hydrogens (tertiary/aromatic N) is 1. The summed E-state index contributed by atoms with van der Waals surface area (Å²) in [5.41, 5.74) is 0.574. The number of benzene rings is 1. The molecule has 0 aromatic heterocycles. The summed E-state index contributed by atoms with van der Waals surface area (Å²) in [6.07, 6.45) is 0.623. The van der Waals surface area contributed by atoms with Crippen molar-refractivity contribution < 1.29 is 9.18 Å². The van der Waals surface area contributed by atoms with Crippen LogP contribution in [0.2, 0.25) is 5.02 Å². The Bertz CT molecular complexity index is 591. The predicted octanol–water partition coefficient (Wildman–Crippen LogP) is 3.11. The van der Waals surface area contributed by atoms with Crippen molar-refractivity contribution in [2.75, 3.05) is 19.6 Å². The number of hydrogen-bond donors (Lipinski definition) is 3. The Morgan fingerprint density at radius 3 is 2.52 bits per heavy atom. The van der Waals surface area contributed by atoms with Crippen LogP contribution < -0.4 is 16.0 Å². The molecular formula is C17H27ClFIN4O. The van der Waals surface area contributed by atoms with E-state index in [1.807, 2.05) is 27.7 Å². The Kier molecular flexibility index (Phi) is 11.0. The smallest absolute Gasteiger partial charge is 0.242 e. The number of hydrogen-bond acceptors (Lipinski definition) is 2. The van der Waals surface area contributed by atoms with Gasteiger partial charge >= 0.3 is 0 Å². The SMILES string of the molecule is CCNC(=NCC(=O)NC(C)(C)C)NCCc1ccc(F)cc1Cl.I. The molecule has 1 rings (SSSR count). The van der Waals surface area contributed by atoms with Gasteiger partial charge in [0.15, 0.2) is 5.96 Å². The molecule has 0 fully saturated rings. The van der Waals surface area contributed by atoms with Crippen molar-refractivity contribution in [2.45, 2.75) is 39.7 Å². The van der Waals surface area contributed by atoms with Gasteiger partial charge in [-0.3, -0.25) is 4.79 Å². The van der Waals surface area contributed by atoms with E-state index in [0.717, 1.165) is 5.56 Å². The second-order valence-electron chi connectivity index (χ2n) is 6.41. The highest BCUT2D eigenvalue weighted by Crippen LogP contribution is 2.17. The number of rotatable bonds is 6. The van der Waals surface area contributed by atoms with Crippen molar-refractivity contribution in [2.24, 2.45) is 4.99 Å². The molecule has 0 atom stereocenters. The number of aliphatic imine (C=N–C) groups is 1. The quantitative estimate of drug-likeness (QED) is 0.330. The van der Waals surface area contributed by atoms with Crippen LogP contribution >= 0.6 is 35.6 Å². The molecule has 8 heteroatoms. The Morgan fingerprint density at radius 2 is 1.96 bits per heavy atom. The maximum Gasteiger partial charge on any atom is 0.242 e. The highest BCUT2D eigenvalue weighted by Gasteiger charge is 2.13. The number of carbonyl (C=O) groups excluding carboxylic acids is 1. The van der Waals surface area contributed by atoms with Gasteiger partial charge in [-0.2, -0.15) is 0 Å². The average molecular weight is 485 g/mol. The second-order valence-corrected chi connectivity index (χ2v) is 6.81. The standard InChI is InChI=1S/C17H26ClFN4O.HI/c1-5-20-16(22-11-15(24)23-17(2,3)4)21-9-8-12-6-7-13(19)10-14(12)18;/h6-7,10H,5,8-9,11H2,1-4H3,(H,23,24)(H2,20,21,22);1H. The van der Waals surface area contributed by atoms with E-state index in [-0.39, 0.29) is 47.8 Å². The van der Waals surface area contributed by atoms with Crippen molar-refractivity contribution in [3.63, 3.8) is 0 Å². The van der Waals surface area contributed by atoms with Crippen molar-refractivity contribution in [1.29, 1.82) is 0 Å². The molecule has 1 amide bonds. The highest BCUT2D eigenvalue weighted by molar-refractivity contribution is 14.0. The van der Waals surface area contributed by atoms with Gasteiger partial charge in [-0.25, -0.2) is 9.38 Å². The molecule has 0 spiro atoms. The maximum absolute atomic E-state index is 13.0. The molecule has 0 aliphatic rings. The molecule has 0 aliphatic heterocycles. The highest BCUT2D eigenvalue weighted by atomic mass is 127. The zero-order valence-electron chi connectivity index (χ0n) is 15.1. The summed E-state index contributed by atoms with van der Waals surface area (Å²) in [5, 5.41) is 9.47. The zero-order valence-corrected chi connectivity index (χ0v) is 18.2. The van der Waals surface area contributed by atoms with E-state index in [9.17, 15) is 9.18 Å². The van der Waals surface area contributed by atoms with E-state index >= 15 is 0 Å². The molecule has 1 aromatic rings. The number of amides is 1. The molecule has 0 unspecified atom stereocenters. The third-order valence-electron chi connectivity index (χ3n) is 2.94. The van der Waals surface area contributed by atoms with Crippen LogP contribution in [-0.4, -0.2) is 37.0 Å². The van der Waals surface area contributed by atoms with E-state index in [1.165, 1.54) is 12.1 Å². The van der Waals surface area contributed by atoms with E-state index in [1.54, 1.807) is 6.07 Å². The molecule has 0 bridgehead atoms. The predicted molar refractivity (Wildman–Crippen MR) is 112 cm³/mol. The fourth-order valence-electron chi connectivity index (χ4n) is 1.99. The number of guanidine groups is 1. The zero-order chi connectivity index (χ0) is 18.2. The van der Waals surface area contributed by atoms with Crippen molar-refractivity contribution >= 4 is 47.4 Å². The van der Waals surface area contributed by atoms with Gasteiger partial charge in [0, 0.05) is 23.7 Å². The average Bonchev–Trinajstić information content (AvgIpc) is 2.45. The van der Waals surface area contributed by atoms with E-state index in [0.29, 0.717) is 30.5 Å². The summed E-state index contributed by atoms with van der Waals surface area (Å²) in [7, 11) is 0. The van der Waals surface area contributed by atoms with Gasteiger partial charge in [-0.1, -0.05) is 17.7 Å². The lowest BCUT2D eigenvalue weighted by Gasteiger charge is -2.20. The first-order valence-electron chi connectivity index (χ1n) is 7.98. The summed E-state index contributed by atoms with van der Waals surface area (Å²) in [6, 6.07) is 4.35. The lowest BCUT2D eigenvalue weighted by atomic mass is 10.1. The molecule has 0 radical (unpaired) electrons. The van der Waals surface area contributed by atoms with Crippen LogP contribution in [-0.2, 0) is 11.2 Å². The molecule has 0 saturated carbocycles. The summed E-state index contributed by atoms with van der Waals surface area (Å²) in [6.45, 7) is 9.01. The third-order valence-corrected chi connectivity index (χ3v) is 3.29. The molecule has 3 N–H and O–H groups in total. The van der Waals surface area contributed by atoms with Gasteiger partial charge in [0.1, 0.15) is 12.4 Å². The summed E-state index contributed by atoms with van der Waals surface area (Å²) >= 11 is 6.00. The van der Waals surface area contributed by atoms with Crippen LogP contribution in [0.3, 0.4) is 0 Å². The topological polar surface area (TPSA) is 65.5 Å². The van der Waals surface area contributed by atoms with E-state index in [2.05, 4.69) is 20.9 Å². The number of carbonyl (C=O) groups is 1. The Hall–Kier alpha value is -1.09. The molecule has 1 aromatic carbocycles. The molecule has 0 saturated heterocycles. The molecule has 25 heavy (non-hydrogen) atoms. The normalized spacial score (nSPS) is 11.5. The van der Waals surface area contributed by atoms with E-state index < -0.39 is 0 Å². The second kappa shape index (κ2) is 11.5. The summed E-state index contributed by atoms with van der Waals surface area (Å²) < 4.78 is 13.0. The third kappa shape index (κ3) is 10.5. The lowest BCUT2D eigenvalue weighted by Crippen LogP contribution is -2.43. The lowest BCUT2D eigenvalue weighted by molar-refractivity contribution is -0.121. The Labute approximate surface area is 171 Å². The van der Waals surface area contributed by atoms with Gasteiger partial charge in [0.2, 0.25) is 5.91 Å². The Balaban J connectivity index is 0.00000576. The molecule has 0 aliphatic carbocycles. The summed E-state index contributed by atoms with van der Waals surface area (Å²) in [5.74, 6) is 0.0672. The fourth-order valence-corrected chi connectivity index (χ4v) is 2.25. The van der Waals surface area contributed by atoms with Crippen molar-refractivity contribution in [3.8, 4) is 0 Å². The first-order chi connectivity index (χ1) is 11.2. The van der Waals surface area contributed by atoms with Gasteiger partial charge < -0.3 is 16.0 Å². The number of halogens is 3. The minimum atomic E-state index is -0.350. The molecule has 5 nitrogen and oxygen atoms in total.